The summed E-state index contributed by atoms with van der Waals surface area (Å²) in [5.41, 5.74) is 5.58. The second kappa shape index (κ2) is 7.92. The van der Waals surface area contributed by atoms with Crippen LogP contribution in [0.3, 0.4) is 0 Å². The molecule has 2 N–H and O–H groups in total. The number of nitrogens with zero attached hydrogens (tertiary/aromatic N) is 2. The maximum absolute atomic E-state index is 12.5. The Morgan fingerprint density at radius 2 is 1.96 bits per heavy atom. The number of carbonyl (C=O) groups is 2. The molecule has 0 spiro atoms. The van der Waals surface area contributed by atoms with E-state index in [-0.39, 0.29) is 36.0 Å². The Morgan fingerprint density at radius 3 is 2.69 bits per heavy atom. The van der Waals surface area contributed by atoms with Crippen molar-refractivity contribution in [3.63, 3.8) is 0 Å². The van der Waals surface area contributed by atoms with E-state index in [0.29, 0.717) is 22.3 Å². The number of carbonyl (C=O) groups excluding carboxylic acids is 2. The fourth-order valence-electron chi connectivity index (χ4n) is 2.53. The molecule has 7 nitrogen and oxygen atoms in total. The first-order chi connectivity index (χ1) is 12.6. The van der Waals surface area contributed by atoms with Crippen LogP contribution in [-0.4, -0.2) is 21.2 Å². The Hall–Kier alpha value is -3.00. The number of hydrazine groups is 1. The third-order valence-electron chi connectivity index (χ3n) is 3.87. The number of ketones is 1. The van der Waals surface area contributed by atoms with E-state index in [2.05, 4.69) is 15.8 Å². The van der Waals surface area contributed by atoms with Crippen molar-refractivity contribution in [3.8, 4) is 0 Å². The van der Waals surface area contributed by atoms with Crippen molar-refractivity contribution >= 4 is 39.9 Å². The van der Waals surface area contributed by atoms with Gasteiger partial charge < -0.3 is 0 Å². The number of amides is 1. The van der Waals surface area contributed by atoms with Gasteiger partial charge in [0.1, 0.15) is 0 Å². The van der Waals surface area contributed by atoms with E-state index < -0.39 is 0 Å². The number of fused-ring (bicyclic) bond motifs is 1. The van der Waals surface area contributed by atoms with E-state index in [0.717, 1.165) is 0 Å². The Balaban J connectivity index is 1.66. The highest BCUT2D eigenvalue weighted by Crippen LogP contribution is 2.13. The molecule has 3 aromatic rings. The molecule has 0 atom stereocenters. The van der Waals surface area contributed by atoms with Crippen LogP contribution < -0.4 is 16.4 Å². The van der Waals surface area contributed by atoms with Gasteiger partial charge in [-0.15, -0.1) is 11.3 Å². The Labute approximate surface area is 153 Å². The SMILES string of the molecule is CCn1c(NNC(=O)CCC(=O)c2cccs2)nc2ccccc2c1=O. The first-order valence-corrected chi connectivity index (χ1v) is 9.09. The highest BCUT2D eigenvalue weighted by atomic mass is 32.1. The topological polar surface area (TPSA) is 93.1 Å². The van der Waals surface area contributed by atoms with Crippen LogP contribution in [0.15, 0.2) is 46.6 Å². The predicted octanol–water partition coefficient (Wildman–Crippen LogP) is 2.58. The highest BCUT2D eigenvalue weighted by molar-refractivity contribution is 7.12. The zero-order valence-electron chi connectivity index (χ0n) is 14.2. The molecular formula is C18H18N4O3S. The lowest BCUT2D eigenvalue weighted by Gasteiger charge is -2.13. The zero-order chi connectivity index (χ0) is 18.5. The maximum atomic E-state index is 12.5. The molecular weight excluding hydrogens is 352 g/mol. The summed E-state index contributed by atoms with van der Waals surface area (Å²) in [4.78, 5) is 41.5. The second-order valence-electron chi connectivity index (χ2n) is 5.58. The van der Waals surface area contributed by atoms with E-state index in [1.807, 2.05) is 12.3 Å². The molecule has 3 rings (SSSR count). The van der Waals surface area contributed by atoms with Crippen LogP contribution in [-0.2, 0) is 11.3 Å². The molecule has 2 heterocycles. The Morgan fingerprint density at radius 1 is 1.15 bits per heavy atom. The van der Waals surface area contributed by atoms with Crippen molar-refractivity contribution in [2.45, 2.75) is 26.3 Å². The Bertz CT molecular complexity index is 995. The molecule has 134 valence electrons. The number of rotatable bonds is 7. The van der Waals surface area contributed by atoms with Crippen LogP contribution in [0.4, 0.5) is 5.95 Å². The third kappa shape index (κ3) is 3.80. The number of benzene rings is 1. The van der Waals surface area contributed by atoms with Gasteiger partial charge >= 0.3 is 0 Å². The first-order valence-electron chi connectivity index (χ1n) is 8.21. The summed E-state index contributed by atoms with van der Waals surface area (Å²) in [7, 11) is 0. The van der Waals surface area contributed by atoms with Gasteiger partial charge in [-0.05, 0) is 30.5 Å². The number of Topliss-reactive ketones (excluding diaryl/α,β-unsaturated/α-hetero) is 1. The average Bonchev–Trinajstić information content (AvgIpc) is 3.19. The third-order valence-corrected chi connectivity index (χ3v) is 4.78. The molecule has 0 bridgehead atoms. The summed E-state index contributed by atoms with van der Waals surface area (Å²) >= 11 is 1.36. The van der Waals surface area contributed by atoms with E-state index >= 15 is 0 Å². The molecule has 2 aromatic heterocycles. The van der Waals surface area contributed by atoms with Crippen LogP contribution in [0.2, 0.25) is 0 Å². The smallest absolute Gasteiger partial charge is 0.262 e. The van der Waals surface area contributed by atoms with Crippen molar-refractivity contribution in [3.05, 3.63) is 57.0 Å². The number of aromatic nitrogens is 2. The van der Waals surface area contributed by atoms with Gasteiger partial charge in [-0.2, -0.15) is 0 Å². The molecule has 8 heteroatoms. The number of hydrogen-bond acceptors (Lipinski definition) is 6. The summed E-state index contributed by atoms with van der Waals surface area (Å²) in [6, 6.07) is 10.6. The minimum absolute atomic E-state index is 0.0493. The highest BCUT2D eigenvalue weighted by Gasteiger charge is 2.12. The van der Waals surface area contributed by atoms with Gasteiger partial charge in [0.25, 0.3) is 5.56 Å². The van der Waals surface area contributed by atoms with Gasteiger partial charge in [0, 0.05) is 19.4 Å². The van der Waals surface area contributed by atoms with E-state index in [1.165, 1.54) is 15.9 Å². The number of thiophene rings is 1. The van der Waals surface area contributed by atoms with Crippen LogP contribution in [0.5, 0.6) is 0 Å². The van der Waals surface area contributed by atoms with Crippen molar-refractivity contribution < 1.29 is 9.59 Å². The second-order valence-corrected chi connectivity index (χ2v) is 6.52. The monoisotopic (exact) mass is 370 g/mol. The summed E-state index contributed by atoms with van der Waals surface area (Å²) < 4.78 is 1.44. The van der Waals surface area contributed by atoms with Gasteiger partial charge in [0.15, 0.2) is 5.78 Å². The van der Waals surface area contributed by atoms with E-state index in [9.17, 15) is 14.4 Å². The quantitative estimate of drug-likeness (QED) is 0.492. The van der Waals surface area contributed by atoms with E-state index in [4.69, 9.17) is 0 Å². The molecule has 1 amide bonds. The predicted molar refractivity (Wildman–Crippen MR) is 101 cm³/mol. The summed E-state index contributed by atoms with van der Waals surface area (Å²) in [5, 5.41) is 2.34. The molecule has 0 fully saturated rings. The number of hydrogen-bond donors (Lipinski definition) is 2. The standard InChI is InChI=1S/C18H18N4O3S/c1-2-22-17(25)12-6-3-4-7-13(12)19-18(22)21-20-16(24)10-9-14(23)15-8-5-11-26-15/h3-8,11H,2,9-10H2,1H3,(H,19,21)(H,20,24). The molecule has 0 unspecified atom stereocenters. The van der Waals surface area contributed by atoms with Gasteiger partial charge in [-0.3, -0.25) is 29.8 Å². The molecule has 0 aliphatic rings. The van der Waals surface area contributed by atoms with Crippen LogP contribution in [0, 0.1) is 0 Å². The minimum Gasteiger partial charge on any atom is -0.293 e. The lowest BCUT2D eigenvalue weighted by atomic mass is 10.2. The Kier molecular flexibility index (Phi) is 5.43. The van der Waals surface area contributed by atoms with Crippen molar-refractivity contribution in [2.75, 3.05) is 5.43 Å². The first kappa shape index (κ1) is 17.8. The van der Waals surface area contributed by atoms with Crippen LogP contribution in [0.1, 0.15) is 29.4 Å². The molecule has 0 aliphatic carbocycles. The van der Waals surface area contributed by atoms with Gasteiger partial charge in [0.05, 0.1) is 15.8 Å². The molecule has 0 saturated heterocycles. The van der Waals surface area contributed by atoms with Crippen LogP contribution in [0.25, 0.3) is 10.9 Å². The fraction of sp³-hybridized carbons (Fsp3) is 0.222. The normalized spacial score (nSPS) is 10.7. The van der Waals surface area contributed by atoms with Crippen molar-refractivity contribution in [1.82, 2.24) is 15.0 Å². The van der Waals surface area contributed by atoms with Gasteiger partial charge in [-0.25, -0.2) is 4.98 Å². The molecule has 0 saturated carbocycles. The molecule has 1 aromatic carbocycles. The zero-order valence-corrected chi connectivity index (χ0v) is 15.0. The summed E-state index contributed by atoms with van der Waals surface area (Å²) in [5.74, 6) is -0.154. The summed E-state index contributed by atoms with van der Waals surface area (Å²) in [6.07, 6.45) is 0.174. The van der Waals surface area contributed by atoms with Crippen LogP contribution >= 0.6 is 11.3 Å². The van der Waals surface area contributed by atoms with Gasteiger partial charge in [0.2, 0.25) is 11.9 Å². The lowest BCUT2D eigenvalue weighted by molar-refractivity contribution is -0.120. The number of para-hydroxylation sites is 1. The molecule has 0 aliphatic heterocycles. The number of nitrogens with one attached hydrogen (secondary N) is 2. The van der Waals surface area contributed by atoms with Gasteiger partial charge in [-0.1, -0.05) is 18.2 Å². The largest absolute Gasteiger partial charge is 0.293 e. The van der Waals surface area contributed by atoms with Crippen molar-refractivity contribution in [2.24, 2.45) is 0 Å². The number of anilines is 1. The minimum atomic E-state index is -0.347. The molecule has 26 heavy (non-hydrogen) atoms. The summed E-state index contributed by atoms with van der Waals surface area (Å²) in [6.45, 7) is 2.23. The maximum Gasteiger partial charge on any atom is 0.262 e. The van der Waals surface area contributed by atoms with Crippen molar-refractivity contribution in [1.29, 1.82) is 0 Å². The average molecular weight is 370 g/mol. The molecule has 0 radical (unpaired) electrons. The fourth-order valence-corrected chi connectivity index (χ4v) is 3.23. The lowest BCUT2D eigenvalue weighted by Crippen LogP contribution is -2.34. The van der Waals surface area contributed by atoms with E-state index in [1.54, 1.807) is 36.4 Å².